The Hall–Kier alpha value is -2.52. The first kappa shape index (κ1) is 16.3. The lowest BCUT2D eigenvalue weighted by atomic mass is 9.89. The van der Waals surface area contributed by atoms with E-state index >= 15 is 0 Å². The Morgan fingerprint density at radius 3 is 2.50 bits per heavy atom. The summed E-state index contributed by atoms with van der Waals surface area (Å²) in [6.07, 6.45) is 0. The van der Waals surface area contributed by atoms with Gasteiger partial charge in [-0.05, 0) is 47.9 Å². The molecule has 0 atom stereocenters. The van der Waals surface area contributed by atoms with Crippen molar-refractivity contribution in [1.29, 1.82) is 0 Å². The maximum atomic E-state index is 12.3. The lowest BCUT2D eigenvalue weighted by Crippen LogP contribution is -2.05. The highest BCUT2D eigenvalue weighted by atomic mass is 35.5. The van der Waals surface area contributed by atoms with Crippen molar-refractivity contribution in [3.63, 3.8) is 0 Å². The first-order valence-corrected chi connectivity index (χ1v) is 7.92. The monoisotopic (exact) mass is 340 g/mol. The quantitative estimate of drug-likeness (QED) is 0.646. The molecule has 0 spiro atoms. The minimum Gasteiger partial charge on any atom is -0.507 e. The Morgan fingerprint density at radius 1 is 1.08 bits per heavy atom. The van der Waals surface area contributed by atoms with Gasteiger partial charge < -0.3 is 9.84 Å². The number of phenols is 1. The van der Waals surface area contributed by atoms with E-state index in [1.807, 2.05) is 44.2 Å². The summed E-state index contributed by atoms with van der Waals surface area (Å²) in [5, 5.41) is 13.0. The zero-order valence-corrected chi connectivity index (χ0v) is 14.4. The third-order valence-corrected chi connectivity index (χ3v) is 4.83. The van der Waals surface area contributed by atoms with E-state index < -0.39 is 5.97 Å². The summed E-state index contributed by atoms with van der Waals surface area (Å²) in [5.41, 5.74) is 3.11. The normalized spacial score (nSPS) is 10.8. The fourth-order valence-electron chi connectivity index (χ4n) is 3.07. The van der Waals surface area contributed by atoms with Crippen LogP contribution in [0.25, 0.3) is 21.9 Å². The standard InChI is InChI=1S/C20H17ClO3/c1-11-10-16(22)17(12(2)19(11)21)18-14-7-5-4-6-13(14)8-9-15(18)20(23)24-3/h4-10,22H,1-3H3. The van der Waals surface area contributed by atoms with Gasteiger partial charge in [0.25, 0.3) is 0 Å². The predicted molar refractivity (Wildman–Crippen MR) is 96.9 cm³/mol. The number of benzene rings is 3. The summed E-state index contributed by atoms with van der Waals surface area (Å²) < 4.78 is 4.93. The highest BCUT2D eigenvalue weighted by molar-refractivity contribution is 6.32. The molecular formula is C20H17ClO3. The van der Waals surface area contributed by atoms with Crippen molar-refractivity contribution < 1.29 is 14.6 Å². The van der Waals surface area contributed by atoms with E-state index in [0.29, 0.717) is 21.7 Å². The molecule has 0 aliphatic carbocycles. The molecule has 3 rings (SSSR count). The molecule has 122 valence electrons. The van der Waals surface area contributed by atoms with Crippen molar-refractivity contribution in [1.82, 2.24) is 0 Å². The summed E-state index contributed by atoms with van der Waals surface area (Å²) in [6, 6.07) is 12.9. The number of aryl methyl sites for hydroxylation is 1. The van der Waals surface area contributed by atoms with Crippen LogP contribution in [0.4, 0.5) is 0 Å². The average molecular weight is 341 g/mol. The Bertz CT molecular complexity index is 961. The molecule has 3 aromatic carbocycles. The number of esters is 1. The third kappa shape index (κ3) is 2.51. The second-order valence-electron chi connectivity index (χ2n) is 5.73. The largest absolute Gasteiger partial charge is 0.507 e. The number of hydrogen-bond donors (Lipinski definition) is 1. The van der Waals surface area contributed by atoms with Crippen LogP contribution < -0.4 is 0 Å². The number of aromatic hydroxyl groups is 1. The number of rotatable bonds is 2. The number of carbonyl (C=O) groups excluding carboxylic acids is 1. The van der Waals surface area contributed by atoms with Crippen molar-refractivity contribution >= 4 is 28.3 Å². The second-order valence-corrected chi connectivity index (χ2v) is 6.11. The summed E-state index contributed by atoms with van der Waals surface area (Å²) in [7, 11) is 1.34. The number of ether oxygens (including phenoxy) is 1. The number of methoxy groups -OCH3 is 1. The molecule has 3 nitrogen and oxygen atoms in total. The maximum Gasteiger partial charge on any atom is 0.338 e. The van der Waals surface area contributed by atoms with Crippen LogP contribution in [0.3, 0.4) is 0 Å². The van der Waals surface area contributed by atoms with E-state index in [2.05, 4.69) is 0 Å². The molecule has 0 heterocycles. The van der Waals surface area contributed by atoms with Gasteiger partial charge in [-0.3, -0.25) is 0 Å². The van der Waals surface area contributed by atoms with Crippen LogP contribution in [-0.2, 0) is 4.74 Å². The van der Waals surface area contributed by atoms with Gasteiger partial charge in [-0.15, -0.1) is 0 Å². The van der Waals surface area contributed by atoms with Crippen molar-refractivity contribution in [3.8, 4) is 16.9 Å². The Morgan fingerprint density at radius 2 is 1.79 bits per heavy atom. The minimum atomic E-state index is -0.453. The first-order valence-electron chi connectivity index (χ1n) is 7.54. The van der Waals surface area contributed by atoms with E-state index in [-0.39, 0.29) is 5.75 Å². The van der Waals surface area contributed by atoms with E-state index in [9.17, 15) is 9.90 Å². The molecule has 1 N–H and O–H groups in total. The van der Waals surface area contributed by atoms with Gasteiger partial charge in [0.1, 0.15) is 5.75 Å². The predicted octanol–water partition coefficient (Wildman–Crippen LogP) is 5.27. The SMILES string of the molecule is COC(=O)c1ccc2ccccc2c1-c1c(O)cc(C)c(Cl)c1C. The smallest absolute Gasteiger partial charge is 0.338 e. The summed E-state index contributed by atoms with van der Waals surface area (Å²) in [4.78, 5) is 12.3. The van der Waals surface area contributed by atoms with Crippen LogP contribution in [0.2, 0.25) is 5.02 Å². The van der Waals surface area contributed by atoms with Crippen LogP contribution in [0.1, 0.15) is 21.5 Å². The van der Waals surface area contributed by atoms with Crippen molar-refractivity contribution in [2.45, 2.75) is 13.8 Å². The molecule has 0 aliphatic rings. The van der Waals surface area contributed by atoms with Gasteiger partial charge in [0.05, 0.1) is 12.7 Å². The van der Waals surface area contributed by atoms with E-state index in [0.717, 1.165) is 21.9 Å². The Labute approximate surface area is 145 Å². The number of hydrogen-bond acceptors (Lipinski definition) is 3. The van der Waals surface area contributed by atoms with Gasteiger partial charge in [-0.25, -0.2) is 4.79 Å². The molecule has 0 saturated heterocycles. The van der Waals surface area contributed by atoms with Crippen molar-refractivity contribution in [3.05, 3.63) is 64.2 Å². The van der Waals surface area contributed by atoms with Gasteiger partial charge >= 0.3 is 5.97 Å². The number of carbonyl (C=O) groups is 1. The zero-order valence-electron chi connectivity index (χ0n) is 13.7. The van der Waals surface area contributed by atoms with E-state index in [1.165, 1.54) is 7.11 Å². The lowest BCUT2D eigenvalue weighted by molar-refractivity contribution is 0.0602. The zero-order chi connectivity index (χ0) is 17.4. The molecule has 0 fully saturated rings. The van der Waals surface area contributed by atoms with Gasteiger partial charge in [0.15, 0.2) is 0 Å². The molecule has 0 saturated carbocycles. The van der Waals surface area contributed by atoms with E-state index in [1.54, 1.807) is 12.1 Å². The molecule has 4 heteroatoms. The molecule has 0 unspecified atom stereocenters. The third-order valence-electron chi connectivity index (χ3n) is 4.24. The van der Waals surface area contributed by atoms with Crippen LogP contribution in [0, 0.1) is 13.8 Å². The topological polar surface area (TPSA) is 46.5 Å². The van der Waals surface area contributed by atoms with E-state index in [4.69, 9.17) is 16.3 Å². The van der Waals surface area contributed by atoms with Crippen LogP contribution in [0.15, 0.2) is 42.5 Å². The molecule has 3 aromatic rings. The second kappa shape index (κ2) is 6.17. The number of halogens is 1. The number of phenolic OH excluding ortho intramolecular Hbond substituents is 1. The average Bonchev–Trinajstić information content (AvgIpc) is 2.59. The minimum absolute atomic E-state index is 0.0934. The van der Waals surface area contributed by atoms with Crippen LogP contribution in [0.5, 0.6) is 5.75 Å². The van der Waals surface area contributed by atoms with Crippen LogP contribution >= 0.6 is 11.6 Å². The molecule has 0 bridgehead atoms. The van der Waals surface area contributed by atoms with Gasteiger partial charge in [-0.2, -0.15) is 0 Å². The fraction of sp³-hybridized carbons (Fsp3) is 0.150. The van der Waals surface area contributed by atoms with Crippen LogP contribution in [-0.4, -0.2) is 18.2 Å². The Kier molecular flexibility index (Phi) is 4.20. The summed E-state index contributed by atoms with van der Waals surface area (Å²) in [6.45, 7) is 3.68. The highest BCUT2D eigenvalue weighted by Crippen LogP contribution is 2.43. The fourth-order valence-corrected chi connectivity index (χ4v) is 3.22. The van der Waals surface area contributed by atoms with Crippen molar-refractivity contribution in [2.75, 3.05) is 7.11 Å². The Balaban J connectivity index is 2.49. The molecule has 0 aromatic heterocycles. The van der Waals surface area contributed by atoms with Gasteiger partial charge in [0, 0.05) is 16.1 Å². The highest BCUT2D eigenvalue weighted by Gasteiger charge is 2.22. The molecule has 24 heavy (non-hydrogen) atoms. The molecular weight excluding hydrogens is 324 g/mol. The van der Waals surface area contributed by atoms with Crippen molar-refractivity contribution in [2.24, 2.45) is 0 Å². The summed E-state index contributed by atoms with van der Waals surface area (Å²) in [5.74, 6) is -0.359. The molecule has 0 amide bonds. The molecule has 0 radical (unpaired) electrons. The number of fused-ring (bicyclic) bond motifs is 1. The van der Waals surface area contributed by atoms with Gasteiger partial charge in [0.2, 0.25) is 0 Å². The van der Waals surface area contributed by atoms with Gasteiger partial charge in [-0.1, -0.05) is 41.9 Å². The lowest BCUT2D eigenvalue weighted by Gasteiger charge is -2.17. The first-order chi connectivity index (χ1) is 11.5. The summed E-state index contributed by atoms with van der Waals surface area (Å²) >= 11 is 6.39. The molecule has 0 aliphatic heterocycles. The maximum absolute atomic E-state index is 12.3.